The van der Waals surface area contributed by atoms with E-state index in [1.165, 1.54) is 6.92 Å². The number of aliphatic hydroxyl groups excluding tert-OH is 1. The fourth-order valence-electron chi connectivity index (χ4n) is 1.96. The highest BCUT2D eigenvalue weighted by Gasteiger charge is 2.15. The number of carbonyl (C=O) groups is 1. The van der Waals surface area contributed by atoms with E-state index >= 15 is 0 Å². The van der Waals surface area contributed by atoms with Crippen molar-refractivity contribution in [3.05, 3.63) is 29.8 Å². The summed E-state index contributed by atoms with van der Waals surface area (Å²) >= 11 is 0. The smallest absolute Gasteiger partial charge is 0.302 e. The molecule has 1 atom stereocenters. The summed E-state index contributed by atoms with van der Waals surface area (Å²) in [5.74, 6) is 0.655. The molecule has 0 saturated carbocycles. The maximum atomic E-state index is 10.7. The first kappa shape index (κ1) is 14.5. The molecule has 0 aliphatic heterocycles. The van der Waals surface area contributed by atoms with Crippen molar-refractivity contribution in [1.82, 2.24) is 0 Å². The van der Waals surface area contributed by atoms with E-state index in [0.29, 0.717) is 19.4 Å². The van der Waals surface area contributed by atoms with Gasteiger partial charge in [-0.3, -0.25) is 4.79 Å². The number of aliphatic hydroxyl groups is 1. The molecule has 0 aliphatic carbocycles. The van der Waals surface area contributed by atoms with Gasteiger partial charge in [-0.05, 0) is 30.4 Å². The lowest BCUT2D eigenvalue weighted by atomic mass is 9.92. The summed E-state index contributed by atoms with van der Waals surface area (Å²) in [6, 6.07) is 7.72. The second kappa shape index (κ2) is 7.71. The van der Waals surface area contributed by atoms with Gasteiger partial charge >= 0.3 is 5.97 Å². The lowest BCUT2D eigenvalue weighted by Gasteiger charge is -2.18. The van der Waals surface area contributed by atoms with Crippen molar-refractivity contribution in [2.75, 3.05) is 20.3 Å². The minimum Gasteiger partial charge on any atom is -0.496 e. The van der Waals surface area contributed by atoms with Crippen LogP contribution in [0.2, 0.25) is 0 Å². The Morgan fingerprint density at radius 2 is 2.06 bits per heavy atom. The van der Waals surface area contributed by atoms with E-state index in [4.69, 9.17) is 14.6 Å². The summed E-state index contributed by atoms with van der Waals surface area (Å²) in [5, 5.41) is 9.12. The van der Waals surface area contributed by atoms with Crippen LogP contribution in [0.15, 0.2) is 24.3 Å². The zero-order valence-electron chi connectivity index (χ0n) is 10.9. The summed E-state index contributed by atoms with van der Waals surface area (Å²) in [6.45, 7) is 1.85. The third kappa shape index (κ3) is 4.37. The highest BCUT2D eigenvalue weighted by molar-refractivity contribution is 5.65. The van der Waals surface area contributed by atoms with E-state index in [0.717, 1.165) is 11.3 Å². The van der Waals surface area contributed by atoms with Gasteiger partial charge in [0, 0.05) is 13.5 Å². The summed E-state index contributed by atoms with van der Waals surface area (Å²) in [7, 11) is 1.63. The first-order chi connectivity index (χ1) is 8.69. The molecule has 0 fully saturated rings. The van der Waals surface area contributed by atoms with Crippen molar-refractivity contribution in [2.45, 2.75) is 25.7 Å². The van der Waals surface area contributed by atoms with Gasteiger partial charge in [0.15, 0.2) is 0 Å². The van der Waals surface area contributed by atoms with E-state index in [9.17, 15) is 4.79 Å². The van der Waals surface area contributed by atoms with Crippen molar-refractivity contribution in [3.8, 4) is 5.75 Å². The summed E-state index contributed by atoms with van der Waals surface area (Å²) in [4.78, 5) is 10.7. The molecule has 0 unspecified atom stereocenters. The number of esters is 1. The molecule has 4 heteroatoms. The molecule has 18 heavy (non-hydrogen) atoms. The Morgan fingerprint density at radius 1 is 1.33 bits per heavy atom. The minimum atomic E-state index is -0.280. The maximum absolute atomic E-state index is 10.7. The van der Waals surface area contributed by atoms with Crippen LogP contribution in [0.1, 0.15) is 31.2 Å². The monoisotopic (exact) mass is 252 g/mol. The van der Waals surface area contributed by atoms with Gasteiger partial charge in [-0.15, -0.1) is 0 Å². The number of hydrogen-bond donors (Lipinski definition) is 1. The van der Waals surface area contributed by atoms with Crippen LogP contribution < -0.4 is 4.74 Å². The van der Waals surface area contributed by atoms with Gasteiger partial charge in [0.1, 0.15) is 5.75 Å². The zero-order chi connectivity index (χ0) is 13.4. The highest BCUT2D eigenvalue weighted by atomic mass is 16.5. The van der Waals surface area contributed by atoms with Crippen LogP contribution >= 0.6 is 0 Å². The summed E-state index contributed by atoms with van der Waals surface area (Å²) in [6.07, 6.45) is 1.31. The van der Waals surface area contributed by atoms with E-state index in [1.54, 1.807) is 7.11 Å². The average Bonchev–Trinajstić information content (AvgIpc) is 2.37. The van der Waals surface area contributed by atoms with E-state index < -0.39 is 0 Å². The first-order valence-corrected chi connectivity index (χ1v) is 6.06. The van der Waals surface area contributed by atoms with Gasteiger partial charge in [-0.2, -0.15) is 0 Å². The number of hydrogen-bond acceptors (Lipinski definition) is 4. The Labute approximate surface area is 108 Å². The first-order valence-electron chi connectivity index (χ1n) is 6.06. The molecular weight excluding hydrogens is 232 g/mol. The third-order valence-corrected chi connectivity index (χ3v) is 2.83. The van der Waals surface area contributed by atoms with Crippen molar-refractivity contribution >= 4 is 5.97 Å². The van der Waals surface area contributed by atoms with Crippen molar-refractivity contribution in [1.29, 1.82) is 0 Å². The quantitative estimate of drug-likeness (QED) is 0.755. The predicted molar refractivity (Wildman–Crippen MR) is 68.7 cm³/mol. The Hall–Kier alpha value is -1.55. The zero-order valence-corrected chi connectivity index (χ0v) is 10.9. The standard InChI is InChI=1S/C14H20O4/c1-11(16)18-10-8-12(7-9-15)13-5-3-4-6-14(13)17-2/h3-6,12,15H,7-10H2,1-2H3/t12-/m1/s1. The maximum Gasteiger partial charge on any atom is 0.302 e. The van der Waals surface area contributed by atoms with Crippen LogP contribution in [0.3, 0.4) is 0 Å². The Balaban J connectivity index is 2.73. The second-order valence-corrected chi connectivity index (χ2v) is 4.08. The normalized spacial score (nSPS) is 11.9. The topological polar surface area (TPSA) is 55.8 Å². The highest BCUT2D eigenvalue weighted by Crippen LogP contribution is 2.31. The van der Waals surface area contributed by atoms with Crippen LogP contribution in [0, 0.1) is 0 Å². The molecule has 0 spiro atoms. The fraction of sp³-hybridized carbons (Fsp3) is 0.500. The molecule has 1 aromatic rings. The van der Waals surface area contributed by atoms with Crippen LogP contribution in [-0.2, 0) is 9.53 Å². The Morgan fingerprint density at radius 3 is 2.67 bits per heavy atom. The molecule has 4 nitrogen and oxygen atoms in total. The lowest BCUT2D eigenvalue weighted by molar-refractivity contribution is -0.141. The third-order valence-electron chi connectivity index (χ3n) is 2.83. The number of rotatable bonds is 7. The molecule has 100 valence electrons. The Bertz CT molecular complexity index is 376. The van der Waals surface area contributed by atoms with Crippen LogP contribution in [0.4, 0.5) is 0 Å². The van der Waals surface area contributed by atoms with E-state index in [-0.39, 0.29) is 18.5 Å². The van der Waals surface area contributed by atoms with Crippen molar-refractivity contribution in [3.63, 3.8) is 0 Å². The van der Waals surface area contributed by atoms with E-state index in [2.05, 4.69) is 0 Å². The average molecular weight is 252 g/mol. The number of benzene rings is 1. The molecule has 0 aromatic heterocycles. The molecular formula is C14H20O4. The number of methoxy groups -OCH3 is 1. The molecule has 0 amide bonds. The molecule has 0 heterocycles. The second-order valence-electron chi connectivity index (χ2n) is 4.08. The molecule has 0 bridgehead atoms. The van der Waals surface area contributed by atoms with Crippen molar-refractivity contribution in [2.24, 2.45) is 0 Å². The SMILES string of the molecule is COc1ccccc1[C@H](CCO)CCOC(C)=O. The molecule has 0 radical (unpaired) electrons. The largest absolute Gasteiger partial charge is 0.496 e. The van der Waals surface area contributed by atoms with Gasteiger partial charge in [0.25, 0.3) is 0 Å². The van der Waals surface area contributed by atoms with Gasteiger partial charge in [-0.1, -0.05) is 18.2 Å². The molecule has 1 rings (SSSR count). The predicted octanol–water partition coefficient (Wildman–Crippen LogP) is 2.11. The minimum absolute atomic E-state index is 0.1000. The van der Waals surface area contributed by atoms with Gasteiger partial charge in [0.2, 0.25) is 0 Å². The molecule has 0 aliphatic rings. The van der Waals surface area contributed by atoms with Gasteiger partial charge in [-0.25, -0.2) is 0 Å². The van der Waals surface area contributed by atoms with Crippen LogP contribution in [-0.4, -0.2) is 31.4 Å². The molecule has 1 aromatic carbocycles. The van der Waals surface area contributed by atoms with Crippen molar-refractivity contribution < 1.29 is 19.4 Å². The van der Waals surface area contributed by atoms with E-state index in [1.807, 2.05) is 24.3 Å². The summed E-state index contributed by atoms with van der Waals surface area (Å²) < 4.78 is 10.3. The molecule has 0 saturated heterocycles. The van der Waals surface area contributed by atoms with Gasteiger partial charge in [0.05, 0.1) is 13.7 Å². The van der Waals surface area contributed by atoms with Crippen LogP contribution in [0.5, 0.6) is 5.75 Å². The number of ether oxygens (including phenoxy) is 2. The number of para-hydroxylation sites is 1. The number of carbonyl (C=O) groups excluding carboxylic acids is 1. The van der Waals surface area contributed by atoms with Crippen LogP contribution in [0.25, 0.3) is 0 Å². The molecule has 1 N–H and O–H groups in total. The fourth-order valence-corrected chi connectivity index (χ4v) is 1.96. The van der Waals surface area contributed by atoms with Gasteiger partial charge < -0.3 is 14.6 Å². The Kier molecular flexibility index (Phi) is 6.22. The summed E-state index contributed by atoms with van der Waals surface area (Å²) in [5.41, 5.74) is 1.04. The lowest BCUT2D eigenvalue weighted by Crippen LogP contribution is -2.09.